The molecule has 2 N–H and O–H groups in total. The molecule has 0 aliphatic heterocycles. The van der Waals surface area contributed by atoms with Gasteiger partial charge >= 0.3 is 0 Å². The average Bonchev–Trinajstić information content (AvgIpc) is 3.30. The van der Waals surface area contributed by atoms with Crippen LogP contribution in [0.3, 0.4) is 0 Å². The smallest absolute Gasteiger partial charge is 0.259 e. The summed E-state index contributed by atoms with van der Waals surface area (Å²) in [5.41, 5.74) is 6.29. The first-order valence-corrected chi connectivity index (χ1v) is 7.62. The molecular weight excluding hydrogens is 252 g/mol. The summed E-state index contributed by atoms with van der Waals surface area (Å²) < 4.78 is 0. The summed E-state index contributed by atoms with van der Waals surface area (Å²) in [7, 11) is 0. The predicted octanol–water partition coefficient (Wildman–Crippen LogP) is 2.24. The molecule has 2 fully saturated rings. The lowest BCUT2D eigenvalue weighted by Crippen LogP contribution is -2.43. The fourth-order valence-corrected chi connectivity index (χ4v) is 3.03. The molecule has 1 aromatic heterocycles. The van der Waals surface area contributed by atoms with Crippen LogP contribution in [-0.2, 0) is 0 Å². The largest absolute Gasteiger partial charge is 0.383 e. The van der Waals surface area contributed by atoms with E-state index in [4.69, 9.17) is 5.73 Å². The molecule has 1 aromatic rings. The van der Waals surface area contributed by atoms with Crippen molar-refractivity contribution in [2.75, 3.05) is 12.3 Å². The molecular formula is C15H22N4O. The van der Waals surface area contributed by atoms with Crippen LogP contribution in [0.25, 0.3) is 0 Å². The maximum Gasteiger partial charge on any atom is 0.259 e. The van der Waals surface area contributed by atoms with Crippen LogP contribution in [0, 0.1) is 5.92 Å². The van der Waals surface area contributed by atoms with Gasteiger partial charge in [-0.2, -0.15) is 0 Å². The Hall–Kier alpha value is -1.65. The number of aromatic nitrogens is 2. The SMILES string of the molecule is Nc1ncncc1C(=O)N(CC1CC1)C1CCCCC1. The quantitative estimate of drug-likeness (QED) is 0.914. The lowest BCUT2D eigenvalue weighted by molar-refractivity contribution is 0.0622. The van der Waals surface area contributed by atoms with Crippen LogP contribution in [0.4, 0.5) is 5.82 Å². The molecule has 5 nitrogen and oxygen atoms in total. The number of nitrogens with two attached hydrogens (primary N) is 1. The number of rotatable bonds is 4. The van der Waals surface area contributed by atoms with E-state index in [1.807, 2.05) is 4.90 Å². The Morgan fingerprint density at radius 2 is 2.00 bits per heavy atom. The molecule has 1 amide bonds. The first-order chi connectivity index (χ1) is 9.75. The highest BCUT2D eigenvalue weighted by Crippen LogP contribution is 2.33. The molecule has 5 heteroatoms. The number of nitrogens with zero attached hydrogens (tertiary/aromatic N) is 3. The van der Waals surface area contributed by atoms with E-state index in [-0.39, 0.29) is 5.91 Å². The summed E-state index contributed by atoms with van der Waals surface area (Å²) in [5, 5.41) is 0. The van der Waals surface area contributed by atoms with E-state index >= 15 is 0 Å². The zero-order valence-corrected chi connectivity index (χ0v) is 11.8. The van der Waals surface area contributed by atoms with Crippen molar-refractivity contribution in [3.8, 4) is 0 Å². The predicted molar refractivity (Wildman–Crippen MR) is 77.1 cm³/mol. The Labute approximate surface area is 119 Å². The molecule has 0 atom stereocenters. The molecule has 2 aliphatic carbocycles. The van der Waals surface area contributed by atoms with Gasteiger partial charge in [0.05, 0.1) is 0 Å². The molecule has 108 valence electrons. The van der Waals surface area contributed by atoms with Gasteiger partial charge in [-0.25, -0.2) is 9.97 Å². The third-order valence-electron chi connectivity index (χ3n) is 4.40. The number of amides is 1. The van der Waals surface area contributed by atoms with Gasteiger partial charge in [0.25, 0.3) is 5.91 Å². The third-order valence-corrected chi connectivity index (χ3v) is 4.40. The molecule has 0 unspecified atom stereocenters. The lowest BCUT2D eigenvalue weighted by atomic mass is 9.93. The van der Waals surface area contributed by atoms with Crippen molar-refractivity contribution < 1.29 is 4.79 Å². The Morgan fingerprint density at radius 3 is 2.65 bits per heavy atom. The van der Waals surface area contributed by atoms with Gasteiger partial charge in [-0.1, -0.05) is 19.3 Å². The third kappa shape index (κ3) is 2.92. The highest BCUT2D eigenvalue weighted by Gasteiger charge is 2.33. The van der Waals surface area contributed by atoms with Crippen LogP contribution in [0.15, 0.2) is 12.5 Å². The Kier molecular flexibility index (Phi) is 3.85. The van der Waals surface area contributed by atoms with E-state index in [0.717, 1.165) is 19.4 Å². The maximum atomic E-state index is 12.8. The second-order valence-electron chi connectivity index (χ2n) is 6.01. The van der Waals surface area contributed by atoms with Gasteiger partial charge in [0, 0.05) is 18.8 Å². The van der Waals surface area contributed by atoms with Gasteiger partial charge in [0.15, 0.2) is 0 Å². The van der Waals surface area contributed by atoms with Crippen LogP contribution in [0.1, 0.15) is 55.3 Å². The minimum Gasteiger partial charge on any atom is -0.383 e. The summed E-state index contributed by atoms with van der Waals surface area (Å²) in [6, 6.07) is 0.372. The van der Waals surface area contributed by atoms with Crippen LogP contribution in [0.2, 0.25) is 0 Å². The van der Waals surface area contributed by atoms with Crippen LogP contribution >= 0.6 is 0 Å². The number of carbonyl (C=O) groups excluding carboxylic acids is 1. The van der Waals surface area contributed by atoms with Gasteiger partial charge in [-0.3, -0.25) is 4.79 Å². The molecule has 0 bridgehead atoms. The summed E-state index contributed by atoms with van der Waals surface area (Å²) in [5.74, 6) is 0.996. The maximum absolute atomic E-state index is 12.8. The molecule has 0 aromatic carbocycles. The molecule has 20 heavy (non-hydrogen) atoms. The fourth-order valence-electron chi connectivity index (χ4n) is 3.03. The molecule has 0 radical (unpaired) electrons. The number of hydrogen-bond acceptors (Lipinski definition) is 4. The normalized spacial score (nSPS) is 19.8. The Balaban J connectivity index is 1.80. The van der Waals surface area contributed by atoms with Crippen molar-refractivity contribution in [1.29, 1.82) is 0 Å². The molecule has 2 saturated carbocycles. The first-order valence-electron chi connectivity index (χ1n) is 7.62. The van der Waals surface area contributed by atoms with E-state index < -0.39 is 0 Å². The fraction of sp³-hybridized carbons (Fsp3) is 0.667. The number of nitrogen functional groups attached to an aromatic ring is 1. The number of anilines is 1. The zero-order valence-electron chi connectivity index (χ0n) is 11.8. The first kappa shape index (κ1) is 13.3. The van der Waals surface area contributed by atoms with E-state index in [2.05, 4.69) is 9.97 Å². The van der Waals surface area contributed by atoms with Crippen molar-refractivity contribution in [2.24, 2.45) is 5.92 Å². The van der Waals surface area contributed by atoms with E-state index in [0.29, 0.717) is 23.3 Å². The van der Waals surface area contributed by atoms with Crippen molar-refractivity contribution in [1.82, 2.24) is 14.9 Å². The Bertz CT molecular complexity index is 481. The van der Waals surface area contributed by atoms with Crippen molar-refractivity contribution in [3.05, 3.63) is 18.1 Å². The molecule has 3 rings (SSSR count). The monoisotopic (exact) mass is 274 g/mol. The standard InChI is InChI=1S/C15H22N4O/c16-14-13(8-17-10-18-14)15(20)19(9-11-6-7-11)12-4-2-1-3-5-12/h8,10-12H,1-7,9H2,(H2,16,17,18). The molecule has 2 aliphatic rings. The Morgan fingerprint density at radius 1 is 1.25 bits per heavy atom. The average molecular weight is 274 g/mol. The number of hydrogen-bond donors (Lipinski definition) is 1. The summed E-state index contributed by atoms with van der Waals surface area (Å²) in [6.07, 6.45) is 11.4. The van der Waals surface area contributed by atoms with Crippen molar-refractivity contribution in [3.63, 3.8) is 0 Å². The zero-order chi connectivity index (χ0) is 13.9. The van der Waals surface area contributed by atoms with Crippen LogP contribution in [-0.4, -0.2) is 33.4 Å². The summed E-state index contributed by atoms with van der Waals surface area (Å²) in [6.45, 7) is 0.873. The van der Waals surface area contributed by atoms with Crippen LogP contribution < -0.4 is 5.73 Å². The minimum absolute atomic E-state index is 0.0156. The van der Waals surface area contributed by atoms with Gasteiger partial charge < -0.3 is 10.6 Å². The highest BCUT2D eigenvalue weighted by molar-refractivity contribution is 5.98. The molecule has 0 spiro atoms. The number of carbonyl (C=O) groups is 1. The highest BCUT2D eigenvalue weighted by atomic mass is 16.2. The summed E-state index contributed by atoms with van der Waals surface area (Å²) >= 11 is 0. The second kappa shape index (κ2) is 5.77. The topological polar surface area (TPSA) is 72.1 Å². The second-order valence-corrected chi connectivity index (χ2v) is 6.01. The minimum atomic E-state index is 0.0156. The summed E-state index contributed by atoms with van der Waals surface area (Å²) in [4.78, 5) is 22.7. The molecule has 1 heterocycles. The van der Waals surface area contributed by atoms with Gasteiger partial charge in [0.1, 0.15) is 17.7 Å². The lowest BCUT2D eigenvalue weighted by Gasteiger charge is -2.34. The molecule has 0 saturated heterocycles. The van der Waals surface area contributed by atoms with E-state index in [1.165, 1.54) is 38.4 Å². The van der Waals surface area contributed by atoms with Crippen molar-refractivity contribution in [2.45, 2.75) is 51.0 Å². The van der Waals surface area contributed by atoms with Gasteiger partial charge in [-0.15, -0.1) is 0 Å². The van der Waals surface area contributed by atoms with E-state index in [9.17, 15) is 4.79 Å². The van der Waals surface area contributed by atoms with E-state index in [1.54, 1.807) is 6.20 Å². The van der Waals surface area contributed by atoms with Gasteiger partial charge in [-0.05, 0) is 31.6 Å². The van der Waals surface area contributed by atoms with Crippen molar-refractivity contribution >= 4 is 11.7 Å². The van der Waals surface area contributed by atoms with Gasteiger partial charge in [0.2, 0.25) is 0 Å². The van der Waals surface area contributed by atoms with Crippen LogP contribution in [0.5, 0.6) is 0 Å².